The molecular weight excluding hydrogens is 704 g/mol. The number of esters is 4. The molecule has 0 saturated carbocycles. The normalized spacial score (nSPS) is 19.6. The summed E-state index contributed by atoms with van der Waals surface area (Å²) in [6.07, 6.45) is 28.0. The fourth-order valence-corrected chi connectivity index (χ4v) is 7.68. The van der Waals surface area contributed by atoms with Gasteiger partial charge in [-0.15, -0.1) is 0 Å². The molecule has 2 rings (SSSR count). The van der Waals surface area contributed by atoms with E-state index in [2.05, 4.69) is 38.2 Å². The van der Waals surface area contributed by atoms with E-state index in [-0.39, 0.29) is 49.7 Å². The van der Waals surface area contributed by atoms with E-state index in [9.17, 15) is 28.8 Å². The first kappa shape index (κ1) is 47.8. The Labute approximate surface area is 329 Å². The number of allylic oxidation sites excluding steroid dienone is 4. The van der Waals surface area contributed by atoms with Gasteiger partial charge in [0.1, 0.15) is 0 Å². The largest absolute Gasteiger partial charge is 0.481 e. The van der Waals surface area contributed by atoms with E-state index in [1.165, 1.54) is 0 Å². The maximum atomic E-state index is 12.7. The third-order valence-electron chi connectivity index (χ3n) is 10.9. The Morgan fingerprint density at radius 2 is 0.945 bits per heavy atom. The predicted molar refractivity (Wildman–Crippen MR) is 210 cm³/mol. The highest BCUT2D eigenvalue weighted by Crippen LogP contribution is 2.34. The molecule has 0 amide bonds. The van der Waals surface area contributed by atoms with Gasteiger partial charge in [0, 0.05) is 12.8 Å². The van der Waals surface area contributed by atoms with E-state index in [0.29, 0.717) is 38.5 Å². The van der Waals surface area contributed by atoms with Crippen LogP contribution in [-0.4, -0.2) is 58.2 Å². The second-order valence-corrected chi connectivity index (χ2v) is 15.6. The van der Waals surface area contributed by atoms with Gasteiger partial charge in [0.25, 0.3) is 0 Å². The lowest BCUT2D eigenvalue weighted by atomic mass is 9.84. The van der Waals surface area contributed by atoms with Gasteiger partial charge >= 0.3 is 35.8 Å². The molecule has 6 unspecified atom stereocenters. The topological polar surface area (TPSA) is 171 Å². The van der Waals surface area contributed by atoms with Gasteiger partial charge in [0.2, 0.25) is 0 Å². The molecule has 0 aromatic rings. The zero-order valence-corrected chi connectivity index (χ0v) is 33.7. The molecule has 0 radical (unpaired) electrons. The van der Waals surface area contributed by atoms with Gasteiger partial charge in [-0.05, 0) is 76.0 Å². The van der Waals surface area contributed by atoms with Gasteiger partial charge in [-0.1, -0.05) is 115 Å². The highest BCUT2D eigenvalue weighted by molar-refractivity contribution is 5.95. The van der Waals surface area contributed by atoms with Crippen LogP contribution in [0.1, 0.15) is 181 Å². The van der Waals surface area contributed by atoms with Crippen molar-refractivity contribution in [2.24, 2.45) is 23.7 Å². The van der Waals surface area contributed by atoms with Crippen molar-refractivity contribution in [1.82, 2.24) is 0 Å². The maximum absolute atomic E-state index is 12.7. The van der Waals surface area contributed by atoms with E-state index in [1.807, 2.05) is 0 Å². The Bertz CT molecular complexity index is 1130. The molecule has 0 aromatic heterocycles. The van der Waals surface area contributed by atoms with Crippen molar-refractivity contribution < 1.29 is 53.2 Å². The van der Waals surface area contributed by atoms with Crippen LogP contribution in [0.4, 0.5) is 0 Å². The minimum atomic E-state index is -0.761. The summed E-state index contributed by atoms with van der Waals surface area (Å²) in [6.45, 7) is 4.19. The number of ether oxygens (including phenoxy) is 3. The summed E-state index contributed by atoms with van der Waals surface area (Å²) < 4.78 is 16.9. The van der Waals surface area contributed by atoms with Crippen LogP contribution >= 0.6 is 0 Å². The second-order valence-electron chi connectivity index (χ2n) is 15.6. The summed E-state index contributed by atoms with van der Waals surface area (Å²) >= 11 is 0. The van der Waals surface area contributed by atoms with Gasteiger partial charge < -0.3 is 24.4 Å². The number of unbranched alkanes of at least 4 members (excludes halogenated alkanes) is 12. The number of aliphatic carboxylic acids is 2. The zero-order valence-electron chi connectivity index (χ0n) is 33.7. The highest BCUT2D eigenvalue weighted by atomic mass is 16.6. The molecule has 0 bridgehead atoms. The molecule has 312 valence electrons. The molecule has 2 heterocycles. The molecule has 6 atom stereocenters. The molecule has 2 aliphatic heterocycles. The summed E-state index contributed by atoms with van der Waals surface area (Å²) in [4.78, 5) is 71.2. The van der Waals surface area contributed by atoms with E-state index >= 15 is 0 Å². The first-order valence-electron chi connectivity index (χ1n) is 21.4. The average molecular weight is 775 g/mol. The lowest BCUT2D eigenvalue weighted by Crippen LogP contribution is -2.26. The molecule has 2 saturated heterocycles. The molecule has 2 fully saturated rings. The standard InChI is InChI=1S/C44H70O11/c1-3-5-15-21-33(37-31-41(49)54-43(37)51)27-29-35(23-17-11-7-9-13-19-25-39(45)46)53-36(24-18-12-8-10-14-20-26-40(47)48)30-28-34(22-16-6-4-2)38-32-42(50)55-44(38)52/h15-16,21-22,33-38H,3-14,17-20,23-32H2,1-2H3,(H,45,46)(H,47,48). The molecule has 11 heteroatoms. The third-order valence-corrected chi connectivity index (χ3v) is 10.9. The summed E-state index contributed by atoms with van der Waals surface area (Å²) in [6, 6.07) is 0. The SMILES string of the molecule is CCCC=CC(CCC(CCCCCCCCC(=O)O)OC(CCCCCCCCC(=O)O)CCC(C=CCCC)C1CC(=O)OC1=O)C1CC(=O)OC1=O. The third kappa shape index (κ3) is 21.5. The quantitative estimate of drug-likeness (QED) is 0.0276. The van der Waals surface area contributed by atoms with Gasteiger partial charge in [0.05, 0.1) is 36.9 Å². The molecule has 0 aliphatic carbocycles. The molecule has 0 spiro atoms. The zero-order chi connectivity index (χ0) is 40.3. The van der Waals surface area contributed by atoms with Crippen LogP contribution in [-0.2, 0) is 43.0 Å². The summed E-state index contributed by atoms with van der Waals surface area (Å²) in [5.74, 6) is -4.65. The Balaban J connectivity index is 2.20. The molecule has 55 heavy (non-hydrogen) atoms. The molecular formula is C44H70O11. The van der Waals surface area contributed by atoms with Gasteiger partial charge in [-0.3, -0.25) is 28.8 Å². The van der Waals surface area contributed by atoms with E-state index in [4.69, 9.17) is 24.4 Å². The summed E-state index contributed by atoms with van der Waals surface area (Å²) in [7, 11) is 0. The smallest absolute Gasteiger partial charge is 0.317 e. The number of hydrogen-bond acceptors (Lipinski definition) is 9. The maximum Gasteiger partial charge on any atom is 0.317 e. The van der Waals surface area contributed by atoms with Crippen molar-refractivity contribution in [2.75, 3.05) is 0 Å². The Morgan fingerprint density at radius 1 is 0.582 bits per heavy atom. The summed E-state index contributed by atoms with van der Waals surface area (Å²) in [5.41, 5.74) is 0. The van der Waals surface area contributed by atoms with Crippen LogP contribution in [0.25, 0.3) is 0 Å². The van der Waals surface area contributed by atoms with Crippen LogP contribution in [0.2, 0.25) is 0 Å². The minimum Gasteiger partial charge on any atom is -0.481 e. The number of rotatable bonds is 34. The lowest BCUT2D eigenvalue weighted by molar-refractivity contribution is -0.155. The van der Waals surface area contributed by atoms with E-state index in [1.54, 1.807) is 0 Å². The van der Waals surface area contributed by atoms with Gasteiger partial charge in [-0.25, -0.2) is 0 Å². The number of carbonyl (C=O) groups is 6. The number of carbonyl (C=O) groups excluding carboxylic acids is 4. The second kappa shape index (κ2) is 29.0. The van der Waals surface area contributed by atoms with Crippen LogP contribution in [0, 0.1) is 23.7 Å². The van der Waals surface area contributed by atoms with Crippen LogP contribution in [0.15, 0.2) is 24.3 Å². The first-order chi connectivity index (χ1) is 26.5. The number of cyclic esters (lactones) is 4. The Morgan fingerprint density at radius 3 is 1.27 bits per heavy atom. The first-order valence-corrected chi connectivity index (χ1v) is 21.4. The van der Waals surface area contributed by atoms with Crippen LogP contribution in [0.5, 0.6) is 0 Å². The predicted octanol–water partition coefficient (Wildman–Crippen LogP) is 9.84. The van der Waals surface area contributed by atoms with Crippen molar-refractivity contribution in [1.29, 1.82) is 0 Å². The van der Waals surface area contributed by atoms with Crippen molar-refractivity contribution in [3.8, 4) is 0 Å². The number of carboxylic acids is 2. The monoisotopic (exact) mass is 774 g/mol. The fraction of sp³-hybridized carbons (Fsp3) is 0.773. The van der Waals surface area contributed by atoms with Crippen molar-refractivity contribution in [3.63, 3.8) is 0 Å². The average Bonchev–Trinajstić information content (AvgIpc) is 3.66. The van der Waals surface area contributed by atoms with Crippen molar-refractivity contribution in [2.45, 2.75) is 193 Å². The number of hydrogen-bond donors (Lipinski definition) is 2. The van der Waals surface area contributed by atoms with Crippen LogP contribution < -0.4 is 0 Å². The van der Waals surface area contributed by atoms with E-state index in [0.717, 1.165) is 103 Å². The Kier molecular flexibility index (Phi) is 25.2. The van der Waals surface area contributed by atoms with Crippen LogP contribution in [0.3, 0.4) is 0 Å². The molecule has 2 N–H and O–H groups in total. The molecule has 11 nitrogen and oxygen atoms in total. The Hall–Kier alpha value is -3.34. The van der Waals surface area contributed by atoms with E-state index < -0.39 is 47.7 Å². The minimum absolute atomic E-state index is 0.0877. The lowest BCUT2D eigenvalue weighted by Gasteiger charge is -2.28. The van der Waals surface area contributed by atoms with Crippen molar-refractivity contribution >= 4 is 35.8 Å². The molecule has 2 aliphatic rings. The molecule has 0 aromatic carbocycles. The van der Waals surface area contributed by atoms with Crippen molar-refractivity contribution in [3.05, 3.63) is 24.3 Å². The van der Waals surface area contributed by atoms with Gasteiger partial charge in [0.15, 0.2) is 0 Å². The fourth-order valence-electron chi connectivity index (χ4n) is 7.68. The van der Waals surface area contributed by atoms with Gasteiger partial charge in [-0.2, -0.15) is 0 Å². The summed E-state index contributed by atoms with van der Waals surface area (Å²) in [5, 5.41) is 17.9. The number of carboxylic acid groups (broad SMARTS) is 2. The highest BCUT2D eigenvalue weighted by Gasteiger charge is 2.39.